The molecule has 2 amide bonds. The molecule has 0 bridgehead atoms. The van der Waals surface area contributed by atoms with E-state index in [4.69, 9.17) is 85.3 Å². The van der Waals surface area contributed by atoms with E-state index in [0.29, 0.717) is 192 Å². The molecule has 0 spiro atoms. The Morgan fingerprint density at radius 1 is 0.217 bits per heavy atom. The van der Waals surface area contributed by atoms with Gasteiger partial charge >= 0.3 is 0 Å². The molecule has 0 aromatic heterocycles. The molecule has 0 aliphatic carbocycles. The highest BCUT2D eigenvalue weighted by atomic mass is 16.5. The highest BCUT2D eigenvalue weighted by Gasteiger charge is 2.34. The normalized spacial score (nSPS) is 11.5. The van der Waals surface area contributed by atoms with Crippen LogP contribution in [-0.4, -0.2) is 154 Å². The minimum Gasteiger partial charge on any atom is -0.493 e. The highest BCUT2D eigenvalue weighted by molar-refractivity contribution is 6.08. The fourth-order valence-corrected chi connectivity index (χ4v) is 13.3. The Morgan fingerprint density at radius 2 is 0.358 bits per heavy atom. The third kappa shape index (κ3) is 14.6. The Bertz CT molecular complexity index is 4530. The monoisotopic (exact) mass is 1440 g/mol. The van der Waals surface area contributed by atoms with Crippen molar-refractivity contribution in [1.29, 1.82) is 0 Å². The summed E-state index contributed by atoms with van der Waals surface area (Å²) < 4.78 is 111. The number of anilines is 2. The molecule has 0 heterocycles. The van der Waals surface area contributed by atoms with Crippen molar-refractivity contribution >= 4 is 23.2 Å². The van der Waals surface area contributed by atoms with Gasteiger partial charge in [0, 0.05) is 51.6 Å². The molecule has 106 heavy (non-hydrogen) atoms. The summed E-state index contributed by atoms with van der Waals surface area (Å²) in [6.07, 6.45) is -2.03. The van der Waals surface area contributed by atoms with Gasteiger partial charge in [0.25, 0.3) is 11.8 Å². The third-order valence-electron chi connectivity index (χ3n) is 18.7. The van der Waals surface area contributed by atoms with Gasteiger partial charge in [-0.3, -0.25) is 9.59 Å². The lowest BCUT2D eigenvalue weighted by Gasteiger charge is -2.28. The summed E-state index contributed by atoms with van der Waals surface area (Å²) in [7, 11) is 31.1. The van der Waals surface area contributed by atoms with Gasteiger partial charge in [-0.1, -0.05) is 60.7 Å². The molecular weight excluding hydrogens is 1360 g/mol. The summed E-state index contributed by atoms with van der Waals surface area (Å²) in [5, 5.41) is 0. The van der Waals surface area contributed by atoms with Crippen molar-refractivity contribution in [3.63, 3.8) is 0 Å². The predicted octanol–water partition coefficient (Wildman–Crippen LogP) is 16.2. The Balaban J connectivity index is 1.34. The van der Waals surface area contributed by atoms with Crippen LogP contribution in [0.3, 0.4) is 0 Å². The lowest BCUT2D eigenvalue weighted by atomic mass is 9.82. The largest absolute Gasteiger partial charge is 0.493 e. The van der Waals surface area contributed by atoms with Gasteiger partial charge in [-0.05, 0) is 163 Å². The zero-order valence-electron chi connectivity index (χ0n) is 63.2. The van der Waals surface area contributed by atoms with Crippen LogP contribution in [0, 0.1) is 0 Å². The van der Waals surface area contributed by atoms with Gasteiger partial charge in [0.05, 0.1) is 125 Å². The summed E-state index contributed by atoms with van der Waals surface area (Å²) in [6, 6.07) is 48.0. The molecular formula is C84H88N2O20. The second-order valence-corrected chi connectivity index (χ2v) is 23.8. The molecule has 0 saturated heterocycles. The van der Waals surface area contributed by atoms with Gasteiger partial charge in [0.15, 0.2) is 104 Å². The van der Waals surface area contributed by atoms with Crippen molar-refractivity contribution in [1.82, 2.24) is 0 Å². The number of carbonyl (C=O) groups excluding carboxylic acids is 2. The first kappa shape index (κ1) is 76.5. The number of benzene rings is 10. The molecule has 554 valence electrons. The van der Waals surface area contributed by atoms with E-state index in [1.54, 1.807) is 112 Å². The molecule has 0 radical (unpaired) electrons. The first-order chi connectivity index (χ1) is 51.4. The second kappa shape index (κ2) is 34.0. The van der Waals surface area contributed by atoms with E-state index in [0.717, 1.165) is 0 Å². The van der Waals surface area contributed by atoms with Crippen LogP contribution < -0.4 is 85.6 Å². The molecule has 0 fully saturated rings. The van der Waals surface area contributed by atoms with Gasteiger partial charge in [0.1, 0.15) is 0 Å². The first-order valence-electron chi connectivity index (χ1n) is 33.2. The summed E-state index contributed by atoms with van der Waals surface area (Å²) in [4.78, 5) is 33.3. The number of likely N-dealkylation sites (N-methyl/N-ethyl adjacent to an activating group) is 2. The van der Waals surface area contributed by atoms with Crippen molar-refractivity contribution < 1.29 is 94.9 Å². The summed E-state index contributed by atoms with van der Waals surface area (Å²) in [5.74, 6) is 4.83. The minimum absolute atomic E-state index is 0.342. The quantitative estimate of drug-likeness (QED) is 0.0396. The molecule has 0 aliphatic rings. The van der Waals surface area contributed by atoms with E-state index in [-0.39, 0.29) is 11.8 Å². The zero-order chi connectivity index (χ0) is 76.2. The van der Waals surface area contributed by atoms with Crippen LogP contribution in [0.25, 0.3) is 77.9 Å². The van der Waals surface area contributed by atoms with Crippen LogP contribution in [0.5, 0.6) is 92.0 Å². The van der Waals surface area contributed by atoms with Gasteiger partial charge in [-0.15, -0.1) is 0 Å². The standard InChI is InChI=1S/C84H88N2O20/c1-85(83(87)81(105-19)47-27-23-21-24-28-47)63-45-79(103-17)77(101-15)43-61(63)59-41-75(99-13)73(97-11)39-57(59)55-37-71(95-9)69(93-7)35-53(55)51-33-67(91-5)65(89-3)31-49(51)50-32-66(90-4)68(92-6)34-52(50)54-36-70(94-8)72(96-10)38-56(54)58-40-74(98-12)76(100-14)42-60(58)62-44-78(102-16)80(104-18)46-64(62)86(2)84(88)82(106-20)48-29-25-22-26-30-48/h21-46,81-82H,1-20H3/t81-,82-/m0/s1. The van der Waals surface area contributed by atoms with Crippen molar-refractivity contribution in [3.8, 4) is 170 Å². The predicted molar refractivity (Wildman–Crippen MR) is 409 cm³/mol. The molecule has 0 unspecified atom stereocenters. The lowest BCUT2D eigenvalue weighted by molar-refractivity contribution is -0.129. The van der Waals surface area contributed by atoms with E-state index in [2.05, 4.69) is 0 Å². The second-order valence-electron chi connectivity index (χ2n) is 23.8. The smallest absolute Gasteiger partial charge is 0.260 e. The fourth-order valence-electron chi connectivity index (χ4n) is 13.3. The van der Waals surface area contributed by atoms with Gasteiger partial charge in [-0.25, -0.2) is 0 Å². The molecule has 22 heteroatoms. The third-order valence-corrected chi connectivity index (χ3v) is 18.7. The number of amides is 2. The highest BCUT2D eigenvalue weighted by Crippen LogP contribution is 2.57. The van der Waals surface area contributed by atoms with Crippen molar-refractivity contribution in [3.05, 3.63) is 169 Å². The van der Waals surface area contributed by atoms with Gasteiger partial charge in [-0.2, -0.15) is 0 Å². The Hall–Kier alpha value is -12.1. The number of nitrogens with zero attached hydrogens (tertiary/aromatic N) is 2. The SMILES string of the molecule is COc1cc(-c2cc(OC)c(OC)cc2-c2cc(OC)c(OC)cc2-c2cc(OC)c(OC)cc2-c2cc(OC)c(OC)cc2N(C)C(=O)[C@@H](OC)c2ccccc2)c(-c2cc(OC)c(OC)cc2-c2cc(OC)c(OC)cc2-c2cc(OC)c(OC)cc2N(C)C(=O)[C@@H](OC)c2ccccc2)cc1OC. The molecule has 0 saturated carbocycles. The minimum atomic E-state index is -1.01. The van der Waals surface area contributed by atoms with E-state index in [1.165, 1.54) is 52.5 Å². The van der Waals surface area contributed by atoms with Crippen LogP contribution in [0.1, 0.15) is 23.3 Å². The topological polar surface area (TPSA) is 207 Å². The van der Waals surface area contributed by atoms with Crippen LogP contribution >= 0.6 is 0 Å². The summed E-state index contributed by atoms with van der Waals surface area (Å²) in [6.45, 7) is 0. The average molecular weight is 1450 g/mol. The number of carbonyl (C=O) groups is 2. The van der Waals surface area contributed by atoms with Crippen molar-refractivity contribution in [2.75, 3.05) is 152 Å². The molecule has 0 N–H and O–H groups in total. The maximum Gasteiger partial charge on any atom is 0.260 e. The first-order valence-corrected chi connectivity index (χ1v) is 33.2. The Morgan fingerprint density at radius 3 is 0.509 bits per heavy atom. The number of hydrogen-bond acceptors (Lipinski definition) is 20. The van der Waals surface area contributed by atoms with E-state index < -0.39 is 12.2 Å². The van der Waals surface area contributed by atoms with Crippen LogP contribution in [0.2, 0.25) is 0 Å². The number of methoxy groups -OCH3 is 18. The molecule has 2 atom stereocenters. The maximum absolute atomic E-state index is 15.1. The maximum atomic E-state index is 15.1. The van der Waals surface area contributed by atoms with Gasteiger partial charge < -0.3 is 95.1 Å². The van der Waals surface area contributed by atoms with Crippen molar-refractivity contribution in [2.24, 2.45) is 0 Å². The van der Waals surface area contributed by atoms with Crippen LogP contribution in [0.4, 0.5) is 11.4 Å². The van der Waals surface area contributed by atoms with Crippen molar-refractivity contribution in [2.45, 2.75) is 12.2 Å². The number of rotatable bonds is 31. The number of ether oxygens (including phenoxy) is 18. The van der Waals surface area contributed by atoms with E-state index in [9.17, 15) is 0 Å². The van der Waals surface area contributed by atoms with E-state index in [1.807, 2.05) is 146 Å². The summed E-state index contributed by atoms with van der Waals surface area (Å²) >= 11 is 0. The lowest BCUT2D eigenvalue weighted by Crippen LogP contribution is -2.33. The fraction of sp³-hybridized carbons (Fsp3) is 0.262. The molecule has 10 aromatic carbocycles. The van der Waals surface area contributed by atoms with E-state index >= 15 is 9.59 Å². The number of hydrogen-bond donors (Lipinski definition) is 0. The molecule has 22 nitrogen and oxygen atoms in total. The molecule has 0 aliphatic heterocycles. The average Bonchev–Trinajstić information content (AvgIpc) is 0.740. The molecule has 10 rings (SSSR count). The Kier molecular flexibility index (Phi) is 24.5. The Labute approximate surface area is 618 Å². The van der Waals surface area contributed by atoms with Gasteiger partial charge in [0.2, 0.25) is 0 Å². The zero-order valence-corrected chi connectivity index (χ0v) is 63.2. The molecule has 10 aromatic rings. The van der Waals surface area contributed by atoms with Crippen LogP contribution in [0.15, 0.2) is 158 Å². The summed E-state index contributed by atoms with van der Waals surface area (Å²) in [5.41, 5.74) is 9.68. The van der Waals surface area contributed by atoms with Crippen LogP contribution in [-0.2, 0) is 19.1 Å².